The molecule has 8 heteroatoms. The maximum absolute atomic E-state index is 12.2. The smallest absolute Gasteiger partial charge is 0.246 e. The molecule has 1 aromatic carbocycles. The van der Waals surface area contributed by atoms with Gasteiger partial charge in [-0.25, -0.2) is 18.1 Å². The van der Waals surface area contributed by atoms with Crippen LogP contribution in [0.15, 0.2) is 38.1 Å². The summed E-state index contributed by atoms with van der Waals surface area (Å²) < 4.78 is 37.3. The van der Waals surface area contributed by atoms with Crippen molar-refractivity contribution in [2.24, 2.45) is 0 Å². The Morgan fingerprint density at radius 2 is 2.00 bits per heavy atom. The molecule has 110 valence electrons. The summed E-state index contributed by atoms with van der Waals surface area (Å²) in [7, 11) is -3.72. The molecular formula is C13H13N3O4S. The zero-order valence-corrected chi connectivity index (χ0v) is 12.3. The fourth-order valence-corrected chi connectivity index (χ4v) is 3.38. The Balaban J connectivity index is 1.84. The van der Waals surface area contributed by atoms with Gasteiger partial charge in [-0.3, -0.25) is 0 Å². The second-order valence-corrected chi connectivity index (χ2v) is 6.26. The topological polar surface area (TPSA) is 98.2 Å². The number of aryl methyl sites for hydroxylation is 2. The summed E-state index contributed by atoms with van der Waals surface area (Å²) in [6.07, 6.45) is 0. The molecule has 0 bridgehead atoms. The zero-order chi connectivity index (χ0) is 15.0. The largest absolute Gasteiger partial charge is 0.439 e. The maximum atomic E-state index is 12.2. The van der Waals surface area contributed by atoms with E-state index >= 15 is 0 Å². The van der Waals surface area contributed by atoms with Crippen LogP contribution in [0.1, 0.15) is 17.3 Å². The van der Waals surface area contributed by atoms with Gasteiger partial charge in [-0.1, -0.05) is 17.3 Å². The van der Waals surface area contributed by atoms with E-state index in [9.17, 15) is 8.42 Å². The number of aromatic nitrogens is 2. The minimum Gasteiger partial charge on any atom is -0.439 e. The van der Waals surface area contributed by atoms with Gasteiger partial charge in [0.05, 0.1) is 6.54 Å². The van der Waals surface area contributed by atoms with E-state index in [4.69, 9.17) is 8.94 Å². The van der Waals surface area contributed by atoms with Crippen LogP contribution in [0, 0.1) is 13.8 Å². The summed E-state index contributed by atoms with van der Waals surface area (Å²) in [5, 5.41) is 3.64. The number of sulfonamides is 1. The predicted molar refractivity (Wildman–Crippen MR) is 74.0 cm³/mol. The lowest BCUT2D eigenvalue weighted by atomic mass is 10.3. The highest BCUT2D eigenvalue weighted by atomic mass is 32.2. The molecule has 0 unspecified atom stereocenters. The van der Waals surface area contributed by atoms with Crippen molar-refractivity contribution in [1.82, 2.24) is 14.9 Å². The highest BCUT2D eigenvalue weighted by molar-refractivity contribution is 7.89. The van der Waals surface area contributed by atoms with E-state index in [-0.39, 0.29) is 17.2 Å². The normalized spacial score (nSPS) is 12.1. The van der Waals surface area contributed by atoms with Crippen LogP contribution in [-0.2, 0) is 16.6 Å². The first kappa shape index (κ1) is 13.8. The van der Waals surface area contributed by atoms with Crippen LogP contribution in [0.3, 0.4) is 0 Å². The number of nitrogens with zero attached hydrogens (tertiary/aromatic N) is 2. The van der Waals surface area contributed by atoms with Crippen molar-refractivity contribution < 1.29 is 17.4 Å². The standard InChI is InChI=1S/C13H13N3O4S/c1-8-13(9(2)20-16-8)21(17,18)14-7-12-15-10-5-3-4-6-11(10)19-12/h3-6,14H,7H2,1-2H3. The molecular weight excluding hydrogens is 294 g/mol. The van der Waals surface area contributed by atoms with Crippen LogP contribution in [0.5, 0.6) is 0 Å². The molecule has 0 amide bonds. The fourth-order valence-electron chi connectivity index (χ4n) is 2.08. The van der Waals surface area contributed by atoms with E-state index in [0.717, 1.165) is 0 Å². The molecule has 3 rings (SSSR count). The number of hydrogen-bond acceptors (Lipinski definition) is 6. The zero-order valence-electron chi connectivity index (χ0n) is 11.5. The third-order valence-electron chi connectivity index (χ3n) is 2.99. The summed E-state index contributed by atoms with van der Waals surface area (Å²) in [4.78, 5) is 4.26. The van der Waals surface area contributed by atoms with Gasteiger partial charge in [0.1, 0.15) is 16.1 Å². The van der Waals surface area contributed by atoms with Crippen LogP contribution < -0.4 is 4.72 Å². The SMILES string of the molecule is Cc1noc(C)c1S(=O)(=O)NCc1nc2ccccc2o1. The summed E-state index contributed by atoms with van der Waals surface area (Å²) in [5.74, 6) is 0.545. The molecule has 0 atom stereocenters. The molecule has 0 aliphatic carbocycles. The summed E-state index contributed by atoms with van der Waals surface area (Å²) in [5.41, 5.74) is 1.62. The number of hydrogen-bond donors (Lipinski definition) is 1. The molecule has 21 heavy (non-hydrogen) atoms. The van der Waals surface area contributed by atoms with Gasteiger partial charge in [-0.2, -0.15) is 0 Å². The van der Waals surface area contributed by atoms with E-state index in [0.29, 0.717) is 22.7 Å². The first-order valence-corrected chi connectivity index (χ1v) is 7.72. The minimum atomic E-state index is -3.72. The molecule has 2 aromatic heterocycles. The molecule has 2 heterocycles. The van der Waals surface area contributed by atoms with Crippen LogP contribution >= 0.6 is 0 Å². The molecule has 0 aliphatic heterocycles. The number of nitrogens with one attached hydrogen (secondary N) is 1. The van der Waals surface area contributed by atoms with Crippen molar-refractivity contribution in [2.75, 3.05) is 0 Å². The highest BCUT2D eigenvalue weighted by Crippen LogP contribution is 2.19. The van der Waals surface area contributed by atoms with Gasteiger partial charge in [0.15, 0.2) is 11.3 Å². The Bertz CT molecular complexity index is 843. The number of oxazole rings is 1. The molecule has 0 fully saturated rings. The number of fused-ring (bicyclic) bond motifs is 1. The Morgan fingerprint density at radius 3 is 2.67 bits per heavy atom. The molecule has 7 nitrogen and oxygen atoms in total. The third-order valence-corrected chi connectivity index (χ3v) is 4.63. The number of benzene rings is 1. The monoisotopic (exact) mass is 307 g/mol. The summed E-state index contributed by atoms with van der Waals surface area (Å²) >= 11 is 0. The van der Waals surface area contributed by atoms with E-state index in [1.165, 1.54) is 0 Å². The molecule has 1 N–H and O–H groups in total. The third kappa shape index (κ3) is 2.55. The van der Waals surface area contributed by atoms with Gasteiger partial charge in [0.2, 0.25) is 15.9 Å². The average molecular weight is 307 g/mol. The number of para-hydroxylation sites is 2. The lowest BCUT2D eigenvalue weighted by molar-refractivity contribution is 0.390. The Hall–Kier alpha value is -2.19. The lowest BCUT2D eigenvalue weighted by Crippen LogP contribution is -2.24. The second-order valence-electron chi connectivity index (χ2n) is 4.55. The van der Waals surface area contributed by atoms with Crippen molar-refractivity contribution in [1.29, 1.82) is 0 Å². The minimum absolute atomic E-state index is 0.0406. The fraction of sp³-hybridized carbons (Fsp3) is 0.231. The van der Waals surface area contributed by atoms with Crippen LogP contribution in [0.4, 0.5) is 0 Å². The van der Waals surface area contributed by atoms with Gasteiger partial charge in [-0.15, -0.1) is 0 Å². The van der Waals surface area contributed by atoms with E-state index in [1.807, 2.05) is 12.1 Å². The van der Waals surface area contributed by atoms with Crippen molar-refractivity contribution in [3.05, 3.63) is 41.6 Å². The van der Waals surface area contributed by atoms with Crippen LogP contribution in [-0.4, -0.2) is 18.6 Å². The highest BCUT2D eigenvalue weighted by Gasteiger charge is 2.24. The van der Waals surface area contributed by atoms with E-state index in [1.54, 1.807) is 26.0 Å². The first-order chi connectivity index (χ1) is 9.97. The Morgan fingerprint density at radius 1 is 1.24 bits per heavy atom. The van der Waals surface area contributed by atoms with Crippen molar-refractivity contribution in [3.63, 3.8) is 0 Å². The molecule has 0 spiro atoms. The second kappa shape index (κ2) is 4.97. The average Bonchev–Trinajstić information content (AvgIpc) is 3.00. The molecule has 0 aliphatic rings. The number of rotatable bonds is 4. The molecule has 0 saturated carbocycles. The molecule has 0 radical (unpaired) electrons. The Kier molecular flexibility index (Phi) is 3.26. The van der Waals surface area contributed by atoms with Gasteiger partial charge in [-0.05, 0) is 26.0 Å². The van der Waals surface area contributed by atoms with Crippen molar-refractivity contribution in [3.8, 4) is 0 Å². The molecule has 3 aromatic rings. The van der Waals surface area contributed by atoms with Gasteiger partial charge >= 0.3 is 0 Å². The summed E-state index contributed by atoms with van der Waals surface area (Å²) in [6.45, 7) is 3.08. The summed E-state index contributed by atoms with van der Waals surface area (Å²) in [6, 6.07) is 7.23. The van der Waals surface area contributed by atoms with Crippen LogP contribution in [0.25, 0.3) is 11.1 Å². The van der Waals surface area contributed by atoms with Gasteiger partial charge < -0.3 is 8.94 Å². The van der Waals surface area contributed by atoms with Crippen molar-refractivity contribution >= 4 is 21.1 Å². The quantitative estimate of drug-likeness (QED) is 0.790. The Labute approximate surface area is 121 Å². The lowest BCUT2D eigenvalue weighted by Gasteiger charge is -2.03. The van der Waals surface area contributed by atoms with Crippen molar-refractivity contribution in [2.45, 2.75) is 25.3 Å². The molecule has 0 saturated heterocycles. The maximum Gasteiger partial charge on any atom is 0.246 e. The van der Waals surface area contributed by atoms with E-state index < -0.39 is 10.0 Å². The van der Waals surface area contributed by atoms with Crippen LogP contribution in [0.2, 0.25) is 0 Å². The van der Waals surface area contributed by atoms with Gasteiger partial charge in [0, 0.05) is 0 Å². The first-order valence-electron chi connectivity index (χ1n) is 6.24. The predicted octanol–water partition coefficient (Wildman–Crippen LogP) is 1.91. The van der Waals surface area contributed by atoms with Gasteiger partial charge in [0.25, 0.3) is 0 Å². The van der Waals surface area contributed by atoms with E-state index in [2.05, 4.69) is 14.9 Å².